The number of aromatic amines is 1. The predicted octanol–water partition coefficient (Wildman–Crippen LogP) is 3.38. The standard InChI is InChI=1S/C23H28N6O/c1-3-8-20-17-28(15-4-2)22(30)29(20)16-18-9-11-19(12-10-18)23(13-6-5-7-14-23)21-24-26-27-25-21/h5-7,9-13,17H,3-4,8,14-16H2,1-2H3,(H,24,25,26,27). The first-order valence-electron chi connectivity index (χ1n) is 10.6. The molecule has 2 heterocycles. The molecule has 0 saturated heterocycles. The van der Waals surface area contributed by atoms with Crippen molar-refractivity contribution in [3.8, 4) is 0 Å². The van der Waals surface area contributed by atoms with Crippen LogP contribution < -0.4 is 5.69 Å². The van der Waals surface area contributed by atoms with E-state index in [-0.39, 0.29) is 5.69 Å². The van der Waals surface area contributed by atoms with Gasteiger partial charge in [0.15, 0.2) is 5.82 Å². The minimum atomic E-state index is -0.422. The van der Waals surface area contributed by atoms with Crippen LogP contribution in [0.15, 0.2) is 59.6 Å². The number of allylic oxidation sites excluding steroid dienone is 4. The Kier molecular flexibility index (Phi) is 5.79. The lowest BCUT2D eigenvalue weighted by Gasteiger charge is -2.28. The molecule has 1 N–H and O–H groups in total. The van der Waals surface area contributed by atoms with Gasteiger partial charge < -0.3 is 0 Å². The van der Waals surface area contributed by atoms with Gasteiger partial charge in [0.1, 0.15) is 0 Å². The van der Waals surface area contributed by atoms with Gasteiger partial charge in [-0.15, -0.1) is 10.2 Å². The van der Waals surface area contributed by atoms with Crippen molar-refractivity contribution in [2.45, 2.75) is 58.0 Å². The summed E-state index contributed by atoms with van der Waals surface area (Å²) in [6, 6.07) is 8.43. The second-order valence-corrected chi connectivity index (χ2v) is 7.83. The van der Waals surface area contributed by atoms with Gasteiger partial charge in [0, 0.05) is 18.4 Å². The van der Waals surface area contributed by atoms with Crippen LogP contribution in [0.1, 0.15) is 55.8 Å². The van der Waals surface area contributed by atoms with Crippen LogP contribution in [0, 0.1) is 0 Å². The molecule has 0 spiro atoms. The second-order valence-electron chi connectivity index (χ2n) is 7.83. The summed E-state index contributed by atoms with van der Waals surface area (Å²) in [5.74, 6) is 0.661. The summed E-state index contributed by atoms with van der Waals surface area (Å²) in [6.07, 6.45) is 14.0. The Morgan fingerprint density at radius 1 is 1.13 bits per heavy atom. The number of aryl methyl sites for hydroxylation is 2. The summed E-state index contributed by atoms with van der Waals surface area (Å²) in [7, 11) is 0. The Morgan fingerprint density at radius 3 is 2.60 bits per heavy atom. The van der Waals surface area contributed by atoms with Gasteiger partial charge in [0.2, 0.25) is 0 Å². The van der Waals surface area contributed by atoms with Crippen molar-refractivity contribution in [1.82, 2.24) is 29.8 Å². The highest BCUT2D eigenvalue weighted by Gasteiger charge is 2.35. The highest BCUT2D eigenvalue weighted by molar-refractivity contribution is 5.43. The Labute approximate surface area is 176 Å². The molecular formula is C23H28N6O. The number of H-pyrrole nitrogens is 1. The van der Waals surface area contributed by atoms with Crippen LogP contribution in [0.25, 0.3) is 0 Å². The summed E-state index contributed by atoms with van der Waals surface area (Å²) in [6.45, 7) is 5.57. The van der Waals surface area contributed by atoms with Crippen LogP contribution in [0.2, 0.25) is 0 Å². The smallest absolute Gasteiger partial charge is 0.299 e. The van der Waals surface area contributed by atoms with Gasteiger partial charge >= 0.3 is 5.69 Å². The molecule has 156 valence electrons. The third kappa shape index (κ3) is 3.67. The molecule has 0 aliphatic heterocycles. The Balaban J connectivity index is 1.64. The number of nitrogens with zero attached hydrogens (tertiary/aromatic N) is 5. The van der Waals surface area contributed by atoms with Gasteiger partial charge in [0.25, 0.3) is 0 Å². The molecule has 0 radical (unpaired) electrons. The molecule has 1 aromatic carbocycles. The van der Waals surface area contributed by atoms with Crippen molar-refractivity contribution in [1.29, 1.82) is 0 Å². The Hall–Kier alpha value is -3.22. The van der Waals surface area contributed by atoms with Crippen LogP contribution in [0.3, 0.4) is 0 Å². The van der Waals surface area contributed by atoms with Crippen LogP contribution in [0.5, 0.6) is 0 Å². The summed E-state index contributed by atoms with van der Waals surface area (Å²) >= 11 is 0. The number of benzene rings is 1. The zero-order chi connectivity index (χ0) is 21.0. The van der Waals surface area contributed by atoms with E-state index >= 15 is 0 Å². The van der Waals surface area contributed by atoms with Crippen molar-refractivity contribution >= 4 is 0 Å². The predicted molar refractivity (Wildman–Crippen MR) is 116 cm³/mol. The lowest BCUT2D eigenvalue weighted by molar-refractivity contribution is 0.598. The third-order valence-electron chi connectivity index (χ3n) is 5.72. The number of rotatable bonds is 8. The van der Waals surface area contributed by atoms with E-state index in [1.165, 1.54) is 0 Å². The Bertz CT molecular complexity index is 1090. The first-order valence-corrected chi connectivity index (χ1v) is 10.6. The fourth-order valence-electron chi connectivity index (χ4n) is 4.18. The maximum atomic E-state index is 12.9. The van der Waals surface area contributed by atoms with E-state index in [0.29, 0.717) is 12.4 Å². The third-order valence-corrected chi connectivity index (χ3v) is 5.72. The fraction of sp³-hybridized carbons (Fsp3) is 0.391. The number of hydrogen-bond acceptors (Lipinski definition) is 4. The average molecular weight is 405 g/mol. The maximum absolute atomic E-state index is 12.9. The van der Waals surface area contributed by atoms with E-state index in [4.69, 9.17) is 0 Å². The molecule has 7 nitrogen and oxygen atoms in total. The normalized spacial score (nSPS) is 18.2. The number of aromatic nitrogens is 6. The highest BCUT2D eigenvalue weighted by atomic mass is 16.1. The molecular weight excluding hydrogens is 376 g/mol. The topological polar surface area (TPSA) is 81.4 Å². The molecule has 1 aliphatic carbocycles. The van der Waals surface area contributed by atoms with Crippen molar-refractivity contribution in [2.75, 3.05) is 0 Å². The van der Waals surface area contributed by atoms with Crippen molar-refractivity contribution in [3.05, 3.63) is 87.9 Å². The van der Waals surface area contributed by atoms with E-state index in [0.717, 1.165) is 49.0 Å². The van der Waals surface area contributed by atoms with E-state index in [1.54, 1.807) is 0 Å². The number of hydrogen-bond donors (Lipinski definition) is 1. The van der Waals surface area contributed by atoms with Gasteiger partial charge in [-0.25, -0.2) is 4.79 Å². The fourth-order valence-corrected chi connectivity index (χ4v) is 4.18. The molecule has 2 aromatic heterocycles. The van der Waals surface area contributed by atoms with E-state index in [2.05, 4.69) is 70.9 Å². The van der Waals surface area contributed by atoms with Crippen molar-refractivity contribution in [3.63, 3.8) is 0 Å². The molecule has 7 heteroatoms. The van der Waals surface area contributed by atoms with E-state index < -0.39 is 5.41 Å². The summed E-state index contributed by atoms with van der Waals surface area (Å²) in [5.41, 5.74) is 2.97. The van der Waals surface area contributed by atoms with E-state index in [1.807, 2.05) is 27.5 Å². The lowest BCUT2D eigenvalue weighted by atomic mass is 9.74. The minimum absolute atomic E-state index is 0.0768. The molecule has 1 unspecified atom stereocenters. The van der Waals surface area contributed by atoms with Gasteiger partial charge in [-0.3, -0.25) is 9.13 Å². The largest absolute Gasteiger partial charge is 0.328 e. The zero-order valence-corrected chi connectivity index (χ0v) is 17.6. The molecule has 0 saturated carbocycles. The summed E-state index contributed by atoms with van der Waals surface area (Å²) in [4.78, 5) is 12.9. The molecule has 0 fully saturated rings. The van der Waals surface area contributed by atoms with E-state index in [9.17, 15) is 4.79 Å². The van der Waals surface area contributed by atoms with Gasteiger partial charge in [-0.05, 0) is 30.4 Å². The number of tetrazole rings is 1. The van der Waals surface area contributed by atoms with Gasteiger partial charge in [0.05, 0.1) is 12.0 Å². The van der Waals surface area contributed by atoms with Crippen LogP contribution in [0.4, 0.5) is 0 Å². The monoisotopic (exact) mass is 404 g/mol. The van der Waals surface area contributed by atoms with Crippen LogP contribution in [-0.4, -0.2) is 29.8 Å². The first kappa shape index (κ1) is 20.1. The quantitative estimate of drug-likeness (QED) is 0.624. The maximum Gasteiger partial charge on any atom is 0.328 e. The van der Waals surface area contributed by atoms with Crippen LogP contribution >= 0.6 is 0 Å². The Morgan fingerprint density at radius 2 is 1.97 bits per heavy atom. The number of nitrogens with one attached hydrogen (secondary N) is 1. The molecule has 1 aliphatic rings. The van der Waals surface area contributed by atoms with Crippen molar-refractivity contribution < 1.29 is 0 Å². The minimum Gasteiger partial charge on any atom is -0.299 e. The molecule has 0 bridgehead atoms. The first-order chi connectivity index (χ1) is 14.7. The molecule has 3 aromatic rings. The summed E-state index contributed by atoms with van der Waals surface area (Å²) < 4.78 is 3.75. The van der Waals surface area contributed by atoms with Crippen LogP contribution in [-0.2, 0) is 24.9 Å². The summed E-state index contributed by atoms with van der Waals surface area (Å²) in [5, 5.41) is 14.9. The lowest BCUT2D eigenvalue weighted by Crippen LogP contribution is -2.28. The van der Waals surface area contributed by atoms with Crippen molar-refractivity contribution in [2.24, 2.45) is 0 Å². The molecule has 1 atom stereocenters. The second kappa shape index (κ2) is 8.65. The molecule has 0 amide bonds. The SMILES string of the molecule is CCCc1cn(CCC)c(=O)n1Cc1ccc(C2(c3nn[nH]n3)C=CC=CC2)cc1. The zero-order valence-electron chi connectivity index (χ0n) is 17.6. The molecule has 4 rings (SSSR count). The molecule has 30 heavy (non-hydrogen) atoms. The van der Waals surface area contributed by atoms with Gasteiger partial charge in [-0.2, -0.15) is 5.21 Å². The average Bonchev–Trinajstić information content (AvgIpc) is 3.41. The number of imidazole rings is 1. The highest BCUT2D eigenvalue weighted by Crippen LogP contribution is 2.37. The van der Waals surface area contributed by atoms with Gasteiger partial charge in [-0.1, -0.05) is 74.1 Å².